The van der Waals surface area contributed by atoms with E-state index in [-0.39, 0.29) is 5.82 Å². The summed E-state index contributed by atoms with van der Waals surface area (Å²) in [4.78, 5) is 2.32. The molecule has 0 saturated heterocycles. The van der Waals surface area contributed by atoms with Crippen LogP contribution >= 0.6 is 0 Å². The predicted octanol–water partition coefficient (Wildman–Crippen LogP) is 2.95. The van der Waals surface area contributed by atoms with Gasteiger partial charge >= 0.3 is 0 Å². The Morgan fingerprint density at radius 1 is 1.18 bits per heavy atom. The highest BCUT2D eigenvalue weighted by Gasteiger charge is 2.10. The highest BCUT2D eigenvalue weighted by molar-refractivity contribution is 5.54. The van der Waals surface area contributed by atoms with Crippen LogP contribution in [0.1, 0.15) is 32.3 Å². The Labute approximate surface area is 104 Å². The van der Waals surface area contributed by atoms with Crippen LogP contribution in [0, 0.1) is 5.82 Å². The van der Waals surface area contributed by atoms with E-state index in [0.29, 0.717) is 6.54 Å². The van der Waals surface area contributed by atoms with Crippen LogP contribution < -0.4 is 10.6 Å². The van der Waals surface area contributed by atoms with Gasteiger partial charge in [0.15, 0.2) is 0 Å². The molecule has 1 rings (SSSR count). The van der Waals surface area contributed by atoms with Gasteiger partial charge in [-0.15, -0.1) is 0 Å². The van der Waals surface area contributed by atoms with E-state index >= 15 is 0 Å². The molecule has 17 heavy (non-hydrogen) atoms. The summed E-state index contributed by atoms with van der Waals surface area (Å²) in [6.07, 6.45) is 2.93. The maximum absolute atomic E-state index is 13.2. The lowest BCUT2D eigenvalue weighted by Crippen LogP contribution is -2.26. The fourth-order valence-corrected chi connectivity index (χ4v) is 2.11. The summed E-state index contributed by atoms with van der Waals surface area (Å²) in [5, 5.41) is 0. The molecule has 0 fully saturated rings. The second-order valence-corrected chi connectivity index (χ2v) is 4.30. The molecule has 0 radical (unpaired) electrons. The largest absolute Gasteiger partial charge is 0.371 e. The summed E-state index contributed by atoms with van der Waals surface area (Å²) in [7, 11) is 0. The second-order valence-electron chi connectivity index (χ2n) is 4.30. The van der Waals surface area contributed by atoms with Crippen molar-refractivity contribution in [3.05, 3.63) is 29.6 Å². The zero-order chi connectivity index (χ0) is 12.7. The van der Waals surface area contributed by atoms with E-state index < -0.39 is 0 Å². The Morgan fingerprint density at radius 3 is 2.35 bits per heavy atom. The van der Waals surface area contributed by atoms with Crippen LogP contribution in [0.3, 0.4) is 0 Å². The molecule has 3 heteroatoms. The van der Waals surface area contributed by atoms with Gasteiger partial charge < -0.3 is 10.6 Å². The molecule has 0 saturated carbocycles. The van der Waals surface area contributed by atoms with E-state index in [1.165, 1.54) is 6.07 Å². The summed E-state index contributed by atoms with van der Waals surface area (Å²) < 4.78 is 13.2. The van der Waals surface area contributed by atoms with Crippen LogP contribution in [-0.2, 0) is 6.42 Å². The molecule has 0 atom stereocenters. The number of hydrogen-bond acceptors (Lipinski definition) is 2. The van der Waals surface area contributed by atoms with E-state index in [4.69, 9.17) is 5.73 Å². The lowest BCUT2D eigenvalue weighted by Gasteiger charge is -2.26. The number of halogens is 1. The SMILES string of the molecule is CCCN(CCC)c1ccc(F)cc1CCN. The topological polar surface area (TPSA) is 29.3 Å². The van der Waals surface area contributed by atoms with Crippen molar-refractivity contribution in [2.45, 2.75) is 33.1 Å². The van der Waals surface area contributed by atoms with Crippen molar-refractivity contribution in [3.8, 4) is 0 Å². The first-order valence-corrected chi connectivity index (χ1v) is 6.46. The van der Waals surface area contributed by atoms with Crippen LogP contribution in [-0.4, -0.2) is 19.6 Å². The molecular weight excluding hydrogens is 215 g/mol. The van der Waals surface area contributed by atoms with Crippen LogP contribution in [0.4, 0.5) is 10.1 Å². The minimum Gasteiger partial charge on any atom is -0.371 e. The fourth-order valence-electron chi connectivity index (χ4n) is 2.11. The second kappa shape index (κ2) is 7.28. The monoisotopic (exact) mass is 238 g/mol. The van der Waals surface area contributed by atoms with Gasteiger partial charge in [-0.2, -0.15) is 0 Å². The number of nitrogens with two attached hydrogens (primary N) is 1. The Hall–Kier alpha value is -1.09. The molecule has 0 amide bonds. The third-order valence-corrected chi connectivity index (χ3v) is 2.78. The molecule has 0 unspecified atom stereocenters. The average Bonchev–Trinajstić information content (AvgIpc) is 2.30. The first-order valence-electron chi connectivity index (χ1n) is 6.46. The normalized spacial score (nSPS) is 10.6. The maximum atomic E-state index is 13.2. The van der Waals surface area contributed by atoms with Crippen LogP contribution in [0.15, 0.2) is 18.2 Å². The highest BCUT2D eigenvalue weighted by atomic mass is 19.1. The molecule has 0 aliphatic carbocycles. The molecule has 2 N–H and O–H groups in total. The van der Waals surface area contributed by atoms with Gasteiger partial charge in [0.1, 0.15) is 5.82 Å². The van der Waals surface area contributed by atoms with Gasteiger partial charge in [-0.1, -0.05) is 13.8 Å². The van der Waals surface area contributed by atoms with Crippen LogP contribution in [0.25, 0.3) is 0 Å². The standard InChI is InChI=1S/C14H23FN2/c1-3-9-17(10-4-2)14-6-5-13(15)11-12(14)7-8-16/h5-6,11H,3-4,7-10,16H2,1-2H3. The van der Waals surface area contributed by atoms with Gasteiger partial charge in [0.25, 0.3) is 0 Å². The lowest BCUT2D eigenvalue weighted by atomic mass is 10.1. The summed E-state index contributed by atoms with van der Waals surface area (Å²) in [5.74, 6) is -0.176. The molecule has 0 aliphatic rings. The zero-order valence-electron chi connectivity index (χ0n) is 10.9. The third kappa shape index (κ3) is 4.00. The average molecular weight is 238 g/mol. The Morgan fingerprint density at radius 2 is 1.82 bits per heavy atom. The van der Waals surface area contributed by atoms with Crippen molar-refractivity contribution in [2.75, 3.05) is 24.5 Å². The first-order chi connectivity index (χ1) is 8.22. The van der Waals surface area contributed by atoms with Gasteiger partial charge in [0.05, 0.1) is 0 Å². The van der Waals surface area contributed by atoms with Gasteiger partial charge in [0, 0.05) is 18.8 Å². The van der Waals surface area contributed by atoms with Crippen molar-refractivity contribution in [1.82, 2.24) is 0 Å². The van der Waals surface area contributed by atoms with Gasteiger partial charge in [-0.25, -0.2) is 4.39 Å². The van der Waals surface area contributed by atoms with Gasteiger partial charge in [0.2, 0.25) is 0 Å². The van der Waals surface area contributed by atoms with Gasteiger partial charge in [-0.05, 0) is 49.6 Å². The molecule has 0 aromatic heterocycles. The summed E-state index contributed by atoms with van der Waals surface area (Å²) in [5.41, 5.74) is 7.75. The molecule has 96 valence electrons. The summed E-state index contributed by atoms with van der Waals surface area (Å²) in [6, 6.07) is 5.03. The molecule has 0 aliphatic heterocycles. The van der Waals surface area contributed by atoms with Crippen molar-refractivity contribution < 1.29 is 4.39 Å². The van der Waals surface area contributed by atoms with Crippen LogP contribution in [0.2, 0.25) is 0 Å². The quantitative estimate of drug-likeness (QED) is 0.791. The van der Waals surface area contributed by atoms with Crippen molar-refractivity contribution >= 4 is 5.69 Å². The summed E-state index contributed by atoms with van der Waals surface area (Å²) in [6.45, 7) is 6.90. The van der Waals surface area contributed by atoms with E-state index in [1.54, 1.807) is 6.07 Å². The minimum atomic E-state index is -0.176. The maximum Gasteiger partial charge on any atom is 0.123 e. The number of benzene rings is 1. The van der Waals surface area contributed by atoms with E-state index in [0.717, 1.165) is 43.6 Å². The number of nitrogens with zero attached hydrogens (tertiary/aromatic N) is 1. The zero-order valence-corrected chi connectivity index (χ0v) is 10.9. The van der Waals surface area contributed by atoms with Crippen molar-refractivity contribution in [2.24, 2.45) is 5.73 Å². The van der Waals surface area contributed by atoms with Crippen molar-refractivity contribution in [3.63, 3.8) is 0 Å². The van der Waals surface area contributed by atoms with Crippen molar-refractivity contribution in [1.29, 1.82) is 0 Å². The third-order valence-electron chi connectivity index (χ3n) is 2.78. The number of hydrogen-bond donors (Lipinski definition) is 1. The number of rotatable bonds is 7. The molecule has 0 spiro atoms. The van der Waals surface area contributed by atoms with Gasteiger partial charge in [-0.3, -0.25) is 0 Å². The van der Waals surface area contributed by atoms with E-state index in [9.17, 15) is 4.39 Å². The molecular formula is C14H23FN2. The first kappa shape index (κ1) is 14.0. The Bertz CT molecular complexity index is 333. The molecule has 1 aromatic rings. The predicted molar refractivity (Wildman–Crippen MR) is 72.0 cm³/mol. The summed E-state index contributed by atoms with van der Waals surface area (Å²) >= 11 is 0. The molecule has 2 nitrogen and oxygen atoms in total. The van der Waals surface area contributed by atoms with E-state index in [2.05, 4.69) is 18.7 Å². The van der Waals surface area contributed by atoms with E-state index in [1.807, 2.05) is 6.07 Å². The Balaban J connectivity index is 2.98. The number of anilines is 1. The smallest absolute Gasteiger partial charge is 0.123 e. The Kier molecular flexibility index (Phi) is 5.98. The highest BCUT2D eigenvalue weighted by Crippen LogP contribution is 2.22. The molecule has 0 bridgehead atoms. The van der Waals surface area contributed by atoms with Crippen LogP contribution in [0.5, 0.6) is 0 Å². The fraction of sp³-hybridized carbons (Fsp3) is 0.571. The molecule has 0 heterocycles. The lowest BCUT2D eigenvalue weighted by molar-refractivity contribution is 0.624. The molecule has 1 aromatic carbocycles. The minimum absolute atomic E-state index is 0.176.